The molecule has 3 aromatic rings. The smallest absolute Gasteiger partial charge is 0.449 e. The summed E-state index contributed by atoms with van der Waals surface area (Å²) < 4.78 is 54.1. The van der Waals surface area contributed by atoms with Crippen molar-refractivity contribution in [2.75, 3.05) is 0 Å². The highest BCUT2D eigenvalue weighted by molar-refractivity contribution is 6.03. The topological polar surface area (TPSA) is 79.5 Å². The minimum atomic E-state index is -4.75. The molecule has 0 aliphatic rings. The summed E-state index contributed by atoms with van der Waals surface area (Å²) in [6, 6.07) is 9.19. The maximum Gasteiger partial charge on any atom is 0.449 e. The molecule has 10 heteroatoms. The van der Waals surface area contributed by atoms with Gasteiger partial charge in [0.05, 0.1) is 16.7 Å². The van der Waals surface area contributed by atoms with Crippen LogP contribution >= 0.6 is 0 Å². The van der Waals surface area contributed by atoms with E-state index in [0.717, 1.165) is 22.8 Å². The number of hydrazone groups is 1. The van der Waals surface area contributed by atoms with E-state index >= 15 is 0 Å². The largest absolute Gasteiger partial charge is 0.507 e. The number of rotatable bonds is 5. The van der Waals surface area contributed by atoms with Crippen LogP contribution in [0.15, 0.2) is 47.6 Å². The van der Waals surface area contributed by atoms with E-state index in [0.29, 0.717) is 0 Å². The molecular weight excluding hydrogens is 392 g/mol. The number of fused-ring (bicyclic) bond motifs is 1. The van der Waals surface area contributed by atoms with E-state index in [-0.39, 0.29) is 34.5 Å². The van der Waals surface area contributed by atoms with Crippen molar-refractivity contribution in [3.05, 3.63) is 59.7 Å². The van der Waals surface area contributed by atoms with Crippen molar-refractivity contribution in [3.8, 4) is 5.75 Å². The number of benzene rings is 2. The second-order valence-electron chi connectivity index (χ2n) is 6.12. The highest BCUT2D eigenvalue weighted by Crippen LogP contribution is 2.31. The van der Waals surface area contributed by atoms with Crippen molar-refractivity contribution in [2.24, 2.45) is 5.10 Å². The Kier molecular flexibility index (Phi) is 5.53. The molecule has 0 fully saturated rings. The number of nitrogens with one attached hydrogen (secondary N) is 1. The summed E-state index contributed by atoms with van der Waals surface area (Å²) in [7, 11) is 0. The molecule has 152 valence electrons. The summed E-state index contributed by atoms with van der Waals surface area (Å²) in [6.45, 7) is 0.992. The third-order valence-electron chi connectivity index (χ3n) is 4.13. The number of phenols is 1. The summed E-state index contributed by atoms with van der Waals surface area (Å²) >= 11 is 0. The fourth-order valence-electron chi connectivity index (χ4n) is 2.83. The molecule has 2 N–H and O–H groups in total. The first-order chi connectivity index (χ1) is 13.7. The van der Waals surface area contributed by atoms with Crippen molar-refractivity contribution >= 4 is 22.7 Å². The van der Waals surface area contributed by atoms with Gasteiger partial charge in [-0.1, -0.05) is 19.1 Å². The van der Waals surface area contributed by atoms with Gasteiger partial charge >= 0.3 is 6.18 Å². The number of hydrogen-bond donors (Lipinski definition) is 2. The van der Waals surface area contributed by atoms with Crippen LogP contribution in [0.1, 0.15) is 24.7 Å². The zero-order valence-corrected chi connectivity index (χ0v) is 15.2. The predicted molar refractivity (Wildman–Crippen MR) is 97.8 cm³/mol. The molecular formula is C19H16F4N4O2. The SMILES string of the molecule is CC/C(=N\NC(=O)Cn1c(C(F)(F)F)nc2ccccc21)c1cc(F)ccc1O. The number of nitrogens with zero attached hydrogens (tertiary/aromatic N) is 3. The van der Waals surface area contributed by atoms with E-state index in [4.69, 9.17) is 0 Å². The molecule has 29 heavy (non-hydrogen) atoms. The van der Waals surface area contributed by atoms with Crippen LogP contribution in [0.3, 0.4) is 0 Å². The first kappa shape index (κ1) is 20.3. The van der Waals surface area contributed by atoms with E-state index in [1.54, 1.807) is 19.1 Å². The summed E-state index contributed by atoms with van der Waals surface area (Å²) in [5.74, 6) is -2.87. The normalized spacial score (nSPS) is 12.4. The lowest BCUT2D eigenvalue weighted by molar-refractivity contribution is -0.147. The molecule has 0 spiro atoms. The summed E-state index contributed by atoms with van der Waals surface area (Å²) in [5.41, 5.74) is 2.67. The molecule has 1 heterocycles. The van der Waals surface area contributed by atoms with Gasteiger partial charge in [0.2, 0.25) is 5.82 Å². The minimum Gasteiger partial charge on any atom is -0.507 e. The molecule has 0 bridgehead atoms. The van der Waals surface area contributed by atoms with Gasteiger partial charge in [0.15, 0.2) is 0 Å². The average molecular weight is 408 g/mol. The van der Waals surface area contributed by atoms with Crippen molar-refractivity contribution < 1.29 is 27.5 Å². The van der Waals surface area contributed by atoms with Crippen LogP contribution in [0, 0.1) is 5.82 Å². The van der Waals surface area contributed by atoms with E-state index < -0.39 is 30.3 Å². The fraction of sp³-hybridized carbons (Fsp3) is 0.211. The van der Waals surface area contributed by atoms with E-state index in [2.05, 4.69) is 15.5 Å². The molecule has 0 aliphatic heterocycles. The predicted octanol–water partition coefficient (Wildman–Crippen LogP) is 3.83. The number of phenolic OH excluding ortho intramolecular Hbond substituents is 1. The lowest BCUT2D eigenvalue weighted by atomic mass is 10.1. The average Bonchev–Trinajstić information content (AvgIpc) is 3.04. The lowest BCUT2D eigenvalue weighted by Crippen LogP contribution is -2.27. The second-order valence-corrected chi connectivity index (χ2v) is 6.12. The number of amides is 1. The molecule has 3 rings (SSSR count). The first-order valence-corrected chi connectivity index (χ1v) is 8.57. The number of carbonyl (C=O) groups excluding carboxylic acids is 1. The Hall–Kier alpha value is -3.43. The Morgan fingerprint density at radius 3 is 2.66 bits per heavy atom. The number of carbonyl (C=O) groups is 1. The zero-order chi connectivity index (χ0) is 21.2. The number of alkyl halides is 3. The summed E-state index contributed by atoms with van der Waals surface area (Å²) in [4.78, 5) is 15.8. The van der Waals surface area contributed by atoms with Crippen molar-refractivity contribution in [1.29, 1.82) is 0 Å². The van der Waals surface area contributed by atoms with Crippen LogP contribution in [0.5, 0.6) is 5.75 Å². The van der Waals surface area contributed by atoms with Crippen LogP contribution in [0.2, 0.25) is 0 Å². The molecule has 0 atom stereocenters. The Balaban J connectivity index is 1.87. The van der Waals surface area contributed by atoms with Crippen LogP contribution in [-0.4, -0.2) is 26.3 Å². The highest BCUT2D eigenvalue weighted by Gasteiger charge is 2.38. The molecule has 0 unspecified atom stereocenters. The Morgan fingerprint density at radius 2 is 1.97 bits per heavy atom. The fourth-order valence-corrected chi connectivity index (χ4v) is 2.83. The molecule has 0 aliphatic carbocycles. The van der Waals surface area contributed by atoms with E-state index in [1.165, 1.54) is 12.1 Å². The van der Waals surface area contributed by atoms with Gasteiger partial charge in [0.25, 0.3) is 5.91 Å². The van der Waals surface area contributed by atoms with Gasteiger partial charge in [-0.3, -0.25) is 4.79 Å². The molecule has 1 aromatic heterocycles. The Labute approximate surface area is 162 Å². The zero-order valence-electron chi connectivity index (χ0n) is 15.2. The third kappa shape index (κ3) is 4.36. The maximum absolute atomic E-state index is 13.4. The standard InChI is InChI=1S/C19H16F4N4O2/c1-2-13(12-9-11(20)7-8-16(12)28)25-26-17(29)10-27-15-6-4-3-5-14(15)24-18(27)19(21,22)23/h3-9,28H,2,10H2,1H3,(H,26,29)/b25-13+. The number of imidazole rings is 1. The number of aromatic nitrogens is 2. The molecule has 2 aromatic carbocycles. The third-order valence-corrected chi connectivity index (χ3v) is 4.13. The van der Waals surface area contributed by atoms with Gasteiger partial charge in [-0.05, 0) is 36.8 Å². The number of aromatic hydroxyl groups is 1. The molecule has 0 saturated heterocycles. The number of halogens is 4. The van der Waals surface area contributed by atoms with Gasteiger partial charge in [0.1, 0.15) is 18.1 Å². The molecule has 1 amide bonds. The Bertz CT molecular complexity index is 1090. The summed E-state index contributed by atoms with van der Waals surface area (Å²) in [6.07, 6.45) is -4.51. The van der Waals surface area contributed by atoms with Gasteiger partial charge in [-0.15, -0.1) is 0 Å². The lowest BCUT2D eigenvalue weighted by Gasteiger charge is -2.11. The monoisotopic (exact) mass is 408 g/mol. The molecule has 0 saturated carbocycles. The molecule has 6 nitrogen and oxygen atoms in total. The van der Waals surface area contributed by atoms with E-state index in [1.807, 2.05) is 0 Å². The highest BCUT2D eigenvalue weighted by atomic mass is 19.4. The minimum absolute atomic E-state index is 0.0804. The van der Waals surface area contributed by atoms with E-state index in [9.17, 15) is 27.5 Å². The van der Waals surface area contributed by atoms with Crippen molar-refractivity contribution in [2.45, 2.75) is 26.1 Å². The summed E-state index contributed by atoms with van der Waals surface area (Å²) in [5, 5.41) is 13.7. The Morgan fingerprint density at radius 1 is 1.24 bits per heavy atom. The van der Waals surface area contributed by atoms with Crippen molar-refractivity contribution in [3.63, 3.8) is 0 Å². The number of hydrogen-bond acceptors (Lipinski definition) is 4. The van der Waals surface area contributed by atoms with Gasteiger partial charge in [0, 0.05) is 5.56 Å². The number of para-hydroxylation sites is 2. The van der Waals surface area contributed by atoms with Gasteiger partial charge < -0.3 is 9.67 Å². The van der Waals surface area contributed by atoms with Crippen LogP contribution in [-0.2, 0) is 17.5 Å². The van der Waals surface area contributed by atoms with Crippen LogP contribution in [0.25, 0.3) is 11.0 Å². The van der Waals surface area contributed by atoms with Gasteiger partial charge in [-0.25, -0.2) is 14.8 Å². The van der Waals surface area contributed by atoms with Crippen molar-refractivity contribution in [1.82, 2.24) is 15.0 Å². The van der Waals surface area contributed by atoms with Crippen LogP contribution in [0.4, 0.5) is 17.6 Å². The molecule has 0 radical (unpaired) electrons. The second kappa shape index (κ2) is 7.90. The quantitative estimate of drug-likeness (QED) is 0.383. The maximum atomic E-state index is 13.4. The van der Waals surface area contributed by atoms with Gasteiger partial charge in [-0.2, -0.15) is 18.3 Å². The van der Waals surface area contributed by atoms with Crippen LogP contribution < -0.4 is 5.43 Å². The first-order valence-electron chi connectivity index (χ1n) is 8.57.